The van der Waals surface area contributed by atoms with Gasteiger partial charge in [0.25, 0.3) is 0 Å². The topological polar surface area (TPSA) is 102 Å². The fraction of sp³-hybridized carbons (Fsp3) is 0.444. The third-order valence-corrected chi connectivity index (χ3v) is 4.09. The molecule has 3 amide bonds. The van der Waals surface area contributed by atoms with Gasteiger partial charge in [-0.05, 0) is 45.4 Å². The van der Waals surface area contributed by atoms with Crippen LogP contribution < -0.4 is 10.6 Å². The molecule has 0 aliphatic carbocycles. The molecule has 0 radical (unpaired) electrons. The molecule has 8 heteroatoms. The summed E-state index contributed by atoms with van der Waals surface area (Å²) in [4.78, 5) is 35.4. The van der Waals surface area contributed by atoms with Gasteiger partial charge in [0.2, 0.25) is 11.8 Å². The van der Waals surface area contributed by atoms with Crippen molar-refractivity contribution in [1.82, 2.24) is 15.1 Å². The molecular weight excluding hydrogens is 336 g/mol. The Morgan fingerprint density at radius 3 is 2.73 bits per heavy atom. The summed E-state index contributed by atoms with van der Waals surface area (Å²) in [6, 6.07) is 5.33. The first-order chi connectivity index (χ1) is 12.1. The normalized spacial score (nSPS) is 17.9. The number of fused-ring (bicyclic) bond motifs is 1. The van der Waals surface area contributed by atoms with Crippen LogP contribution in [-0.2, 0) is 21.4 Å². The highest BCUT2D eigenvalue weighted by Crippen LogP contribution is 2.31. The molecule has 26 heavy (non-hydrogen) atoms. The first-order valence-electron chi connectivity index (χ1n) is 8.44. The predicted octanol–water partition coefficient (Wildman–Crippen LogP) is 2.44. The number of hydrogen-bond donors (Lipinski definition) is 2. The summed E-state index contributed by atoms with van der Waals surface area (Å²) in [5.41, 5.74) is 1.40. The lowest BCUT2D eigenvalue weighted by atomic mass is 9.93. The zero-order valence-corrected chi connectivity index (χ0v) is 15.3. The molecule has 2 N–H and O–H groups in total. The minimum atomic E-state index is -0.584. The van der Waals surface area contributed by atoms with E-state index in [0.717, 1.165) is 10.9 Å². The van der Waals surface area contributed by atoms with Crippen molar-refractivity contribution >= 4 is 34.5 Å². The molecular formula is C18H22N4O4. The van der Waals surface area contributed by atoms with E-state index in [4.69, 9.17) is 4.74 Å². The average Bonchev–Trinajstić information content (AvgIpc) is 2.82. The summed E-state index contributed by atoms with van der Waals surface area (Å²) >= 11 is 0. The second kappa shape index (κ2) is 6.44. The molecule has 2 aromatic rings. The number of ether oxygens (including phenoxy) is 1. The van der Waals surface area contributed by atoms with Crippen molar-refractivity contribution in [3.63, 3.8) is 0 Å². The van der Waals surface area contributed by atoms with Crippen molar-refractivity contribution in [2.24, 2.45) is 7.05 Å². The van der Waals surface area contributed by atoms with Crippen molar-refractivity contribution in [3.8, 4) is 0 Å². The van der Waals surface area contributed by atoms with Gasteiger partial charge in [-0.15, -0.1) is 0 Å². The van der Waals surface area contributed by atoms with Crippen LogP contribution in [0.2, 0.25) is 0 Å². The highest BCUT2D eigenvalue weighted by atomic mass is 16.6. The number of hydrogen-bond acceptors (Lipinski definition) is 5. The number of carbonyl (C=O) groups is 3. The highest BCUT2D eigenvalue weighted by Gasteiger charge is 2.31. The third-order valence-electron chi connectivity index (χ3n) is 4.09. The van der Waals surface area contributed by atoms with Gasteiger partial charge >= 0.3 is 6.09 Å². The smallest absolute Gasteiger partial charge is 0.412 e. The molecule has 0 bridgehead atoms. The predicted molar refractivity (Wildman–Crippen MR) is 95.7 cm³/mol. The van der Waals surface area contributed by atoms with Crippen LogP contribution in [0, 0.1) is 0 Å². The van der Waals surface area contributed by atoms with E-state index < -0.39 is 17.6 Å². The lowest BCUT2D eigenvalue weighted by molar-refractivity contribution is -0.134. The molecule has 3 rings (SSSR count). The molecule has 1 fully saturated rings. The summed E-state index contributed by atoms with van der Waals surface area (Å²) in [5, 5.41) is 10.3. The Morgan fingerprint density at radius 2 is 2.08 bits per heavy atom. The Hall–Kier alpha value is -2.90. The minimum Gasteiger partial charge on any atom is -0.444 e. The van der Waals surface area contributed by atoms with Crippen molar-refractivity contribution in [3.05, 3.63) is 23.9 Å². The van der Waals surface area contributed by atoms with Gasteiger partial charge < -0.3 is 4.74 Å². The fourth-order valence-corrected chi connectivity index (χ4v) is 3.00. The highest BCUT2D eigenvalue weighted by molar-refractivity contribution is 6.02. The van der Waals surface area contributed by atoms with Crippen molar-refractivity contribution in [2.75, 3.05) is 5.32 Å². The number of nitrogens with zero attached hydrogens (tertiary/aromatic N) is 2. The number of benzene rings is 1. The van der Waals surface area contributed by atoms with Crippen molar-refractivity contribution in [1.29, 1.82) is 0 Å². The molecule has 1 aromatic carbocycles. The second-order valence-electron chi connectivity index (χ2n) is 7.37. The Morgan fingerprint density at radius 1 is 1.35 bits per heavy atom. The summed E-state index contributed by atoms with van der Waals surface area (Å²) in [6.45, 7) is 5.38. The Kier molecular flexibility index (Phi) is 4.43. The van der Waals surface area contributed by atoms with E-state index in [-0.39, 0.29) is 11.8 Å². The van der Waals surface area contributed by atoms with E-state index in [9.17, 15) is 14.4 Å². The van der Waals surface area contributed by atoms with Gasteiger partial charge in [0.15, 0.2) is 0 Å². The van der Waals surface area contributed by atoms with Crippen LogP contribution in [0.4, 0.5) is 10.5 Å². The summed E-state index contributed by atoms with van der Waals surface area (Å²) in [6.07, 6.45) is 0.200. The number of imide groups is 1. The monoisotopic (exact) mass is 358 g/mol. The van der Waals surface area contributed by atoms with Crippen LogP contribution >= 0.6 is 0 Å². The Balaban J connectivity index is 1.88. The number of rotatable bonds is 2. The zero-order valence-electron chi connectivity index (χ0n) is 15.3. The van der Waals surface area contributed by atoms with Crippen LogP contribution in [0.1, 0.15) is 45.2 Å². The molecule has 1 saturated heterocycles. The summed E-state index contributed by atoms with van der Waals surface area (Å²) in [7, 11) is 1.77. The van der Waals surface area contributed by atoms with Gasteiger partial charge in [0.05, 0.1) is 17.1 Å². The van der Waals surface area contributed by atoms with Gasteiger partial charge in [-0.25, -0.2) is 4.79 Å². The lowest BCUT2D eigenvalue weighted by Crippen LogP contribution is -2.39. The maximum absolute atomic E-state index is 12.1. The molecule has 0 spiro atoms. The molecule has 0 saturated carbocycles. The molecule has 1 unspecified atom stereocenters. The second-order valence-corrected chi connectivity index (χ2v) is 7.37. The van der Waals surface area contributed by atoms with E-state index in [1.54, 1.807) is 44.6 Å². The van der Waals surface area contributed by atoms with Gasteiger partial charge in [0.1, 0.15) is 5.60 Å². The Bertz CT molecular complexity index is 894. The number of amides is 3. The van der Waals surface area contributed by atoms with Crippen molar-refractivity contribution in [2.45, 2.75) is 45.1 Å². The lowest BCUT2D eigenvalue weighted by Gasteiger charge is -2.20. The van der Waals surface area contributed by atoms with E-state index in [2.05, 4.69) is 15.7 Å². The first-order valence-corrected chi connectivity index (χ1v) is 8.44. The number of aromatic nitrogens is 2. The number of anilines is 1. The average molecular weight is 358 g/mol. The van der Waals surface area contributed by atoms with Gasteiger partial charge in [-0.1, -0.05) is 0 Å². The third kappa shape index (κ3) is 3.68. The molecule has 8 nitrogen and oxygen atoms in total. The number of nitrogens with one attached hydrogen (secondary N) is 2. The molecule has 1 aliphatic rings. The van der Waals surface area contributed by atoms with E-state index in [1.165, 1.54) is 0 Å². The number of aryl methyl sites for hydroxylation is 1. The van der Waals surface area contributed by atoms with Crippen LogP contribution in [-0.4, -0.2) is 33.3 Å². The van der Waals surface area contributed by atoms with Crippen LogP contribution in [0.25, 0.3) is 10.9 Å². The number of piperidine rings is 1. The van der Waals surface area contributed by atoms with Crippen LogP contribution in [0.15, 0.2) is 18.2 Å². The van der Waals surface area contributed by atoms with E-state index in [1.807, 2.05) is 6.07 Å². The zero-order chi connectivity index (χ0) is 19.1. The SMILES string of the molecule is Cn1nc(C2CCC(=O)NC2=O)c2ccc(NC(=O)OC(C)(C)C)cc21. The molecule has 1 atom stereocenters. The summed E-state index contributed by atoms with van der Waals surface area (Å²) in [5.74, 6) is -1.03. The molecule has 2 heterocycles. The van der Waals surface area contributed by atoms with Crippen LogP contribution in [0.3, 0.4) is 0 Å². The van der Waals surface area contributed by atoms with Crippen LogP contribution in [0.5, 0.6) is 0 Å². The fourth-order valence-electron chi connectivity index (χ4n) is 3.00. The number of carbonyl (C=O) groups excluding carboxylic acids is 3. The van der Waals surface area contributed by atoms with Gasteiger partial charge in [-0.3, -0.25) is 24.9 Å². The molecule has 1 aliphatic heterocycles. The molecule has 1 aromatic heterocycles. The van der Waals surface area contributed by atoms with E-state index >= 15 is 0 Å². The van der Waals surface area contributed by atoms with E-state index in [0.29, 0.717) is 24.2 Å². The minimum absolute atomic E-state index is 0.254. The maximum Gasteiger partial charge on any atom is 0.412 e. The van der Waals surface area contributed by atoms with Crippen molar-refractivity contribution < 1.29 is 19.1 Å². The molecule has 138 valence electrons. The van der Waals surface area contributed by atoms with Gasteiger partial charge in [-0.2, -0.15) is 5.10 Å². The largest absolute Gasteiger partial charge is 0.444 e. The Labute approximate surface area is 150 Å². The summed E-state index contributed by atoms with van der Waals surface area (Å²) < 4.78 is 6.91. The standard InChI is InChI=1S/C18H22N4O4/c1-18(2,3)26-17(25)19-10-5-6-11-13(9-10)22(4)21-15(11)12-7-8-14(23)20-16(12)24/h5-6,9,12H,7-8H2,1-4H3,(H,19,25)(H,20,23,24). The van der Waals surface area contributed by atoms with Gasteiger partial charge in [0, 0.05) is 24.5 Å². The maximum atomic E-state index is 12.1. The first kappa shape index (κ1) is 17.9. The quantitative estimate of drug-likeness (QED) is 0.803.